The molecule has 0 spiro atoms. The van der Waals surface area contributed by atoms with E-state index in [1.165, 1.54) is 6.07 Å². The second kappa shape index (κ2) is 3.24. The molecular formula is C10H12FNO. The normalized spacial score (nSPS) is 15.1. The number of hydrogen-bond acceptors (Lipinski definition) is 2. The first-order valence-electron chi connectivity index (χ1n) is 4.49. The van der Waals surface area contributed by atoms with E-state index in [1.54, 1.807) is 6.07 Å². The first-order chi connectivity index (χ1) is 6.33. The molecular weight excluding hydrogens is 169 g/mol. The monoisotopic (exact) mass is 181 g/mol. The van der Waals surface area contributed by atoms with Gasteiger partial charge in [-0.05, 0) is 19.1 Å². The van der Waals surface area contributed by atoms with Crippen molar-refractivity contribution in [1.29, 1.82) is 0 Å². The molecule has 0 radical (unpaired) electrons. The SMILES string of the molecule is CCN1CCOc2c(F)cccc21. The van der Waals surface area contributed by atoms with Crippen molar-refractivity contribution < 1.29 is 9.13 Å². The Bertz CT molecular complexity index is 314. The predicted octanol–water partition coefficient (Wildman–Crippen LogP) is 2.04. The van der Waals surface area contributed by atoms with Crippen molar-refractivity contribution >= 4 is 5.69 Å². The smallest absolute Gasteiger partial charge is 0.178 e. The topological polar surface area (TPSA) is 12.5 Å². The zero-order valence-electron chi connectivity index (χ0n) is 7.59. The Kier molecular flexibility index (Phi) is 2.08. The van der Waals surface area contributed by atoms with E-state index in [0.29, 0.717) is 12.4 Å². The van der Waals surface area contributed by atoms with E-state index in [1.807, 2.05) is 6.07 Å². The van der Waals surface area contributed by atoms with E-state index in [2.05, 4.69) is 11.8 Å². The second-order valence-electron chi connectivity index (χ2n) is 3.02. The largest absolute Gasteiger partial charge is 0.486 e. The molecule has 2 nitrogen and oxygen atoms in total. The van der Waals surface area contributed by atoms with Gasteiger partial charge in [-0.25, -0.2) is 4.39 Å². The van der Waals surface area contributed by atoms with Gasteiger partial charge in [-0.3, -0.25) is 0 Å². The fourth-order valence-corrected chi connectivity index (χ4v) is 1.60. The maximum atomic E-state index is 13.2. The molecule has 1 aromatic carbocycles. The molecule has 0 atom stereocenters. The van der Waals surface area contributed by atoms with Crippen LogP contribution in [0.5, 0.6) is 5.75 Å². The van der Waals surface area contributed by atoms with Crippen molar-refractivity contribution in [2.75, 3.05) is 24.6 Å². The molecule has 70 valence electrons. The van der Waals surface area contributed by atoms with Crippen LogP contribution >= 0.6 is 0 Å². The van der Waals surface area contributed by atoms with E-state index in [0.717, 1.165) is 18.8 Å². The average Bonchev–Trinajstić information content (AvgIpc) is 2.18. The molecule has 0 saturated heterocycles. The molecule has 1 aliphatic heterocycles. The summed E-state index contributed by atoms with van der Waals surface area (Å²) in [7, 11) is 0. The van der Waals surface area contributed by atoms with Crippen molar-refractivity contribution in [2.24, 2.45) is 0 Å². The number of anilines is 1. The highest BCUT2D eigenvalue weighted by Gasteiger charge is 2.19. The molecule has 1 aromatic rings. The molecule has 0 aromatic heterocycles. The lowest BCUT2D eigenvalue weighted by Crippen LogP contribution is -2.32. The summed E-state index contributed by atoms with van der Waals surface area (Å²) < 4.78 is 18.5. The Balaban J connectivity index is 2.45. The van der Waals surface area contributed by atoms with Crippen LogP contribution < -0.4 is 9.64 Å². The lowest BCUT2D eigenvalue weighted by Gasteiger charge is -2.30. The van der Waals surface area contributed by atoms with Crippen LogP contribution in [0.15, 0.2) is 18.2 Å². The molecule has 2 rings (SSSR count). The Morgan fingerprint density at radius 1 is 1.54 bits per heavy atom. The van der Waals surface area contributed by atoms with Crippen molar-refractivity contribution in [3.05, 3.63) is 24.0 Å². The zero-order valence-corrected chi connectivity index (χ0v) is 7.59. The molecule has 0 N–H and O–H groups in total. The summed E-state index contributed by atoms with van der Waals surface area (Å²) in [6, 6.07) is 5.03. The molecule has 0 amide bonds. The summed E-state index contributed by atoms with van der Waals surface area (Å²) in [5.41, 5.74) is 0.869. The van der Waals surface area contributed by atoms with E-state index in [-0.39, 0.29) is 5.82 Å². The number of halogens is 1. The van der Waals surface area contributed by atoms with Crippen LogP contribution in [0.1, 0.15) is 6.92 Å². The highest BCUT2D eigenvalue weighted by Crippen LogP contribution is 2.33. The third kappa shape index (κ3) is 1.34. The van der Waals surface area contributed by atoms with Gasteiger partial charge in [0.1, 0.15) is 6.61 Å². The molecule has 13 heavy (non-hydrogen) atoms. The summed E-state index contributed by atoms with van der Waals surface area (Å²) in [6.45, 7) is 4.36. The molecule has 1 heterocycles. The summed E-state index contributed by atoms with van der Waals surface area (Å²) in [6.07, 6.45) is 0. The van der Waals surface area contributed by atoms with E-state index >= 15 is 0 Å². The Morgan fingerprint density at radius 2 is 2.38 bits per heavy atom. The van der Waals surface area contributed by atoms with Gasteiger partial charge in [-0.2, -0.15) is 0 Å². The van der Waals surface area contributed by atoms with Gasteiger partial charge in [0.15, 0.2) is 11.6 Å². The Hall–Kier alpha value is -1.25. The third-order valence-corrected chi connectivity index (χ3v) is 2.28. The van der Waals surface area contributed by atoms with Crippen LogP contribution in [-0.2, 0) is 0 Å². The van der Waals surface area contributed by atoms with Crippen LogP contribution in [0.3, 0.4) is 0 Å². The molecule has 3 heteroatoms. The number of rotatable bonds is 1. The van der Waals surface area contributed by atoms with Gasteiger partial charge in [-0.15, -0.1) is 0 Å². The first kappa shape index (κ1) is 8.35. The average molecular weight is 181 g/mol. The number of likely N-dealkylation sites (N-methyl/N-ethyl adjacent to an activating group) is 1. The zero-order chi connectivity index (χ0) is 9.26. The molecule has 0 aliphatic carbocycles. The maximum Gasteiger partial charge on any atom is 0.178 e. The lowest BCUT2D eigenvalue weighted by atomic mass is 10.2. The van der Waals surface area contributed by atoms with E-state index in [4.69, 9.17) is 4.74 Å². The number of ether oxygens (including phenoxy) is 1. The van der Waals surface area contributed by atoms with Gasteiger partial charge in [0.2, 0.25) is 0 Å². The standard InChI is InChI=1S/C10H12FNO/c1-2-12-6-7-13-10-8(11)4-3-5-9(10)12/h3-5H,2,6-7H2,1H3. The van der Waals surface area contributed by atoms with Crippen molar-refractivity contribution in [2.45, 2.75) is 6.92 Å². The highest BCUT2D eigenvalue weighted by molar-refractivity contribution is 5.60. The second-order valence-corrected chi connectivity index (χ2v) is 3.02. The number of hydrogen-bond donors (Lipinski definition) is 0. The van der Waals surface area contributed by atoms with E-state index in [9.17, 15) is 4.39 Å². The predicted molar refractivity (Wildman–Crippen MR) is 49.8 cm³/mol. The quantitative estimate of drug-likeness (QED) is 0.657. The molecule has 0 unspecified atom stereocenters. The van der Waals surface area contributed by atoms with Crippen LogP contribution in [0.25, 0.3) is 0 Å². The Morgan fingerprint density at radius 3 is 3.15 bits per heavy atom. The summed E-state index contributed by atoms with van der Waals surface area (Å²) in [4.78, 5) is 2.11. The lowest BCUT2D eigenvalue weighted by molar-refractivity contribution is 0.292. The minimum absolute atomic E-state index is 0.268. The number of nitrogens with zero attached hydrogens (tertiary/aromatic N) is 1. The fourth-order valence-electron chi connectivity index (χ4n) is 1.60. The fraction of sp³-hybridized carbons (Fsp3) is 0.400. The van der Waals surface area contributed by atoms with Gasteiger partial charge >= 0.3 is 0 Å². The molecule has 1 aliphatic rings. The maximum absolute atomic E-state index is 13.2. The summed E-state index contributed by atoms with van der Waals surface area (Å²) in [5, 5.41) is 0. The van der Waals surface area contributed by atoms with Crippen LogP contribution in [-0.4, -0.2) is 19.7 Å². The summed E-state index contributed by atoms with van der Waals surface area (Å²) in [5.74, 6) is 0.131. The van der Waals surface area contributed by atoms with Crippen LogP contribution in [0.2, 0.25) is 0 Å². The molecule has 0 saturated carbocycles. The minimum atomic E-state index is -0.268. The summed E-state index contributed by atoms with van der Waals surface area (Å²) >= 11 is 0. The minimum Gasteiger partial charge on any atom is -0.486 e. The van der Waals surface area contributed by atoms with Crippen LogP contribution in [0, 0.1) is 5.82 Å². The van der Waals surface area contributed by atoms with Gasteiger partial charge in [-0.1, -0.05) is 6.07 Å². The number of para-hydroxylation sites is 1. The third-order valence-electron chi connectivity index (χ3n) is 2.28. The molecule has 0 fully saturated rings. The Labute approximate surface area is 76.9 Å². The van der Waals surface area contributed by atoms with Crippen molar-refractivity contribution in [1.82, 2.24) is 0 Å². The number of fused-ring (bicyclic) bond motifs is 1. The van der Waals surface area contributed by atoms with Crippen molar-refractivity contribution in [3.8, 4) is 5.75 Å². The first-order valence-corrected chi connectivity index (χ1v) is 4.49. The van der Waals surface area contributed by atoms with E-state index < -0.39 is 0 Å². The van der Waals surface area contributed by atoms with Crippen molar-refractivity contribution in [3.63, 3.8) is 0 Å². The highest BCUT2D eigenvalue weighted by atomic mass is 19.1. The van der Waals surface area contributed by atoms with Crippen LogP contribution in [0.4, 0.5) is 10.1 Å². The van der Waals surface area contributed by atoms with Gasteiger partial charge in [0, 0.05) is 6.54 Å². The van der Waals surface area contributed by atoms with Gasteiger partial charge in [0.25, 0.3) is 0 Å². The molecule has 0 bridgehead atoms. The number of benzene rings is 1. The van der Waals surface area contributed by atoms with Gasteiger partial charge < -0.3 is 9.64 Å². The van der Waals surface area contributed by atoms with Gasteiger partial charge in [0.05, 0.1) is 12.2 Å².